The van der Waals surface area contributed by atoms with Gasteiger partial charge < -0.3 is 24.5 Å². The molecule has 1 spiro atoms. The highest BCUT2D eigenvalue weighted by Gasteiger charge is 2.77. The van der Waals surface area contributed by atoms with Crippen LogP contribution in [0.2, 0.25) is 0 Å². The van der Waals surface area contributed by atoms with Crippen LogP contribution in [-0.2, 0) is 14.4 Å². The first kappa shape index (κ1) is 31.9. The number of benzene rings is 3. The lowest BCUT2D eigenvalue weighted by Gasteiger charge is -2.38. The van der Waals surface area contributed by atoms with Gasteiger partial charge in [-0.1, -0.05) is 42.5 Å². The van der Waals surface area contributed by atoms with Crippen LogP contribution in [0.15, 0.2) is 92.0 Å². The minimum Gasteiger partial charge on any atom is -0.494 e. The Bertz CT molecular complexity index is 1680. The van der Waals surface area contributed by atoms with Gasteiger partial charge in [-0.15, -0.1) is 24.9 Å². The molecule has 0 saturated carbocycles. The Morgan fingerprint density at radius 1 is 0.978 bits per heavy atom. The first-order valence-corrected chi connectivity index (χ1v) is 16.7. The van der Waals surface area contributed by atoms with E-state index in [0.717, 1.165) is 10.8 Å². The van der Waals surface area contributed by atoms with E-state index in [9.17, 15) is 19.5 Å². The van der Waals surface area contributed by atoms with Crippen molar-refractivity contribution in [3.8, 4) is 5.75 Å². The molecule has 0 aliphatic carbocycles. The molecule has 0 radical (unpaired) electrons. The standard InChI is InChI=1S/C37H41N3O5S/c1-5-20-38(27-14-16-29(17-15-27)45-7-3)33(42)30-31-34(43)40(22-23-41)32(37(31)19-18-36(30,4)46-37)35(44)39(21-6-2)28-13-12-25-10-8-9-11-26(25)24-28/h5-6,8-17,24,30-32,41H,1-2,7,18-23H2,3-4H3/t30-,31-,32?,36+,37?/m0/s1. The average molecular weight is 640 g/mol. The van der Waals surface area contributed by atoms with Crippen molar-refractivity contribution in [3.63, 3.8) is 0 Å². The molecule has 3 amide bonds. The molecule has 1 N–H and O–H groups in total. The number of hydrogen-bond donors (Lipinski definition) is 1. The second kappa shape index (κ2) is 12.6. The van der Waals surface area contributed by atoms with Gasteiger partial charge in [0.05, 0.1) is 29.8 Å². The van der Waals surface area contributed by atoms with Gasteiger partial charge in [-0.3, -0.25) is 14.4 Å². The summed E-state index contributed by atoms with van der Waals surface area (Å²) in [6.07, 6.45) is 4.69. The minimum atomic E-state index is -0.841. The lowest BCUT2D eigenvalue weighted by Crippen LogP contribution is -2.55. The van der Waals surface area contributed by atoms with E-state index < -0.39 is 27.4 Å². The van der Waals surface area contributed by atoms with Crippen LogP contribution in [0.5, 0.6) is 5.75 Å². The summed E-state index contributed by atoms with van der Waals surface area (Å²) in [5.41, 5.74) is 1.40. The zero-order chi connectivity index (χ0) is 32.6. The summed E-state index contributed by atoms with van der Waals surface area (Å²) in [4.78, 5) is 48.9. The number of rotatable bonds is 12. The van der Waals surface area contributed by atoms with Crippen molar-refractivity contribution in [1.29, 1.82) is 0 Å². The number of aliphatic hydroxyl groups excluding tert-OH is 1. The van der Waals surface area contributed by atoms with Crippen molar-refractivity contribution < 1.29 is 24.2 Å². The Labute approximate surface area is 274 Å². The number of carbonyl (C=O) groups is 3. The van der Waals surface area contributed by atoms with Crippen molar-refractivity contribution >= 4 is 51.6 Å². The SMILES string of the molecule is C=CCN(C(=O)C1N(CCO)C(=O)[C@@H]2[C@@H](C(=O)N(CC=C)c3ccc(OCC)cc3)[C@@]3(C)CCC12S3)c1ccc2ccccc2c1. The molecule has 0 aromatic heterocycles. The molecule has 3 aliphatic heterocycles. The number of ether oxygens (including phenoxy) is 1. The third-order valence-electron chi connectivity index (χ3n) is 9.78. The van der Waals surface area contributed by atoms with Gasteiger partial charge in [0.2, 0.25) is 11.8 Å². The molecule has 3 aliphatic rings. The molecule has 46 heavy (non-hydrogen) atoms. The molecule has 3 saturated heterocycles. The Balaban J connectivity index is 1.39. The van der Waals surface area contributed by atoms with Crippen molar-refractivity contribution in [2.45, 2.75) is 42.2 Å². The molecule has 2 unspecified atom stereocenters. The number of anilines is 2. The van der Waals surface area contributed by atoms with Crippen LogP contribution in [0.4, 0.5) is 11.4 Å². The van der Waals surface area contributed by atoms with E-state index in [4.69, 9.17) is 4.74 Å². The Kier molecular flexibility index (Phi) is 8.74. The molecule has 3 heterocycles. The van der Waals surface area contributed by atoms with Gasteiger partial charge >= 0.3 is 0 Å². The normalized spacial score (nSPS) is 26.2. The molecule has 3 aromatic rings. The molecule has 3 aromatic carbocycles. The van der Waals surface area contributed by atoms with Gasteiger partial charge in [-0.05, 0) is 73.9 Å². The Morgan fingerprint density at radius 2 is 1.63 bits per heavy atom. The van der Waals surface area contributed by atoms with Crippen LogP contribution in [-0.4, -0.2) is 76.1 Å². The highest BCUT2D eigenvalue weighted by Crippen LogP contribution is 2.71. The van der Waals surface area contributed by atoms with Crippen LogP contribution in [0.25, 0.3) is 10.8 Å². The summed E-state index contributed by atoms with van der Waals surface area (Å²) < 4.78 is 4.25. The smallest absolute Gasteiger partial charge is 0.251 e. The van der Waals surface area contributed by atoms with Crippen molar-refractivity contribution in [3.05, 3.63) is 92.0 Å². The summed E-state index contributed by atoms with van der Waals surface area (Å²) in [5.74, 6) is -1.28. The second-order valence-corrected chi connectivity index (χ2v) is 14.3. The number of likely N-dealkylation sites (tertiary alicyclic amines) is 1. The van der Waals surface area contributed by atoms with Gasteiger partial charge in [0.15, 0.2) is 0 Å². The lowest BCUT2D eigenvalue weighted by molar-refractivity contribution is -0.140. The predicted molar refractivity (Wildman–Crippen MR) is 184 cm³/mol. The first-order chi connectivity index (χ1) is 22.2. The number of amides is 3. The average Bonchev–Trinajstić information content (AvgIpc) is 3.63. The van der Waals surface area contributed by atoms with Gasteiger partial charge in [0.1, 0.15) is 11.8 Å². The van der Waals surface area contributed by atoms with E-state index in [2.05, 4.69) is 20.1 Å². The molecule has 5 atom stereocenters. The summed E-state index contributed by atoms with van der Waals surface area (Å²) in [5, 5.41) is 12.2. The second-order valence-electron chi connectivity index (χ2n) is 12.4. The molecule has 240 valence electrons. The largest absolute Gasteiger partial charge is 0.494 e. The van der Waals surface area contributed by atoms with Crippen molar-refractivity contribution in [2.75, 3.05) is 42.6 Å². The number of fused-ring (bicyclic) bond motifs is 2. The molecule has 9 heteroatoms. The van der Waals surface area contributed by atoms with Crippen LogP contribution < -0.4 is 14.5 Å². The summed E-state index contributed by atoms with van der Waals surface area (Å²) in [7, 11) is 0. The maximum atomic E-state index is 14.8. The van der Waals surface area contributed by atoms with Crippen molar-refractivity contribution in [2.24, 2.45) is 11.8 Å². The number of hydrogen-bond acceptors (Lipinski definition) is 6. The predicted octanol–water partition coefficient (Wildman–Crippen LogP) is 5.45. The maximum absolute atomic E-state index is 14.8. The van der Waals surface area contributed by atoms with Crippen LogP contribution in [0.1, 0.15) is 26.7 Å². The lowest BCUT2D eigenvalue weighted by atomic mass is 9.66. The monoisotopic (exact) mass is 639 g/mol. The fourth-order valence-electron chi connectivity index (χ4n) is 7.88. The molecular formula is C37H41N3O5S. The summed E-state index contributed by atoms with van der Waals surface area (Å²) >= 11 is 1.62. The van der Waals surface area contributed by atoms with E-state index >= 15 is 0 Å². The molecule has 6 rings (SSSR count). The maximum Gasteiger partial charge on any atom is 0.251 e. The number of carbonyl (C=O) groups excluding carboxylic acids is 3. The fourth-order valence-corrected chi connectivity index (χ4v) is 10.2. The summed E-state index contributed by atoms with van der Waals surface area (Å²) in [6.45, 7) is 12.6. The molecular weight excluding hydrogens is 598 g/mol. The topological polar surface area (TPSA) is 90.4 Å². The minimum absolute atomic E-state index is 0.0145. The van der Waals surface area contributed by atoms with Crippen molar-refractivity contribution in [1.82, 2.24) is 4.90 Å². The third kappa shape index (κ3) is 5.10. The zero-order valence-electron chi connectivity index (χ0n) is 26.4. The van der Waals surface area contributed by atoms with Gasteiger partial charge in [-0.2, -0.15) is 0 Å². The quantitative estimate of drug-likeness (QED) is 0.265. The number of β-amino-alcohol motifs (C(OH)–C–C–N with tert-alkyl or cyclic N) is 1. The van der Waals surface area contributed by atoms with Crippen LogP contribution in [0.3, 0.4) is 0 Å². The van der Waals surface area contributed by atoms with Gasteiger partial charge in [0, 0.05) is 35.8 Å². The third-order valence-corrected chi connectivity index (χ3v) is 11.8. The van der Waals surface area contributed by atoms with Crippen LogP contribution >= 0.6 is 11.8 Å². The fraction of sp³-hybridized carbons (Fsp3) is 0.378. The van der Waals surface area contributed by atoms with E-state index in [-0.39, 0.29) is 44.0 Å². The molecule has 8 nitrogen and oxygen atoms in total. The highest BCUT2D eigenvalue weighted by atomic mass is 32.2. The van der Waals surface area contributed by atoms with E-state index in [1.165, 1.54) is 4.90 Å². The van der Waals surface area contributed by atoms with E-state index in [1.54, 1.807) is 33.7 Å². The first-order valence-electron chi connectivity index (χ1n) is 15.9. The Hall–Kier alpha value is -4.08. The summed E-state index contributed by atoms with van der Waals surface area (Å²) in [6, 6.07) is 20.4. The van der Waals surface area contributed by atoms with Gasteiger partial charge in [-0.25, -0.2) is 0 Å². The van der Waals surface area contributed by atoms with Crippen LogP contribution in [0, 0.1) is 11.8 Å². The van der Waals surface area contributed by atoms with Gasteiger partial charge in [0.25, 0.3) is 5.91 Å². The number of thioether (sulfide) groups is 1. The highest BCUT2D eigenvalue weighted by molar-refractivity contribution is 8.02. The Morgan fingerprint density at radius 3 is 2.28 bits per heavy atom. The van der Waals surface area contributed by atoms with E-state index in [1.807, 2.05) is 73.7 Å². The molecule has 2 bridgehead atoms. The number of nitrogens with zero attached hydrogens (tertiary/aromatic N) is 3. The molecule has 3 fully saturated rings. The van der Waals surface area contributed by atoms with E-state index in [0.29, 0.717) is 36.6 Å². The number of aliphatic hydroxyl groups is 1. The zero-order valence-corrected chi connectivity index (χ0v) is 27.2.